The highest BCUT2D eigenvalue weighted by atomic mass is 32.2. The molecule has 0 bridgehead atoms. The smallest absolute Gasteiger partial charge is 0.317 e. The third-order valence-corrected chi connectivity index (χ3v) is 5.50. The van der Waals surface area contributed by atoms with Crippen molar-refractivity contribution in [1.29, 1.82) is 0 Å². The summed E-state index contributed by atoms with van der Waals surface area (Å²) in [4.78, 5) is 21.1. The molecule has 0 radical (unpaired) electrons. The first-order valence-electron chi connectivity index (χ1n) is 8.57. The van der Waals surface area contributed by atoms with Gasteiger partial charge in [0.25, 0.3) is 0 Å². The van der Waals surface area contributed by atoms with Gasteiger partial charge in [0, 0.05) is 11.4 Å². The summed E-state index contributed by atoms with van der Waals surface area (Å²) in [6.07, 6.45) is 0. The first kappa shape index (κ1) is 22.1. The summed E-state index contributed by atoms with van der Waals surface area (Å²) in [5.74, 6) is -1.93. The van der Waals surface area contributed by atoms with Crippen molar-refractivity contribution in [2.24, 2.45) is 0 Å². The largest absolute Gasteiger partial charge is 0.480 e. The number of carboxylic acids is 2. The van der Waals surface area contributed by atoms with Gasteiger partial charge in [-0.3, -0.25) is 20.2 Å². The molecule has 2 aromatic rings. The molecule has 2 rings (SSSR count). The summed E-state index contributed by atoms with van der Waals surface area (Å²) < 4.78 is 25.5. The predicted octanol–water partition coefficient (Wildman–Crippen LogP) is 0.607. The predicted molar refractivity (Wildman–Crippen MR) is 107 cm³/mol. The fraction of sp³-hybridized carbons (Fsp3) is 0.222. The molecule has 0 aliphatic carbocycles. The maximum absolute atomic E-state index is 12.7. The van der Waals surface area contributed by atoms with Crippen LogP contribution in [0.3, 0.4) is 0 Å². The van der Waals surface area contributed by atoms with Crippen LogP contribution in [-0.4, -0.2) is 57.0 Å². The minimum atomic E-state index is -3.69. The second-order valence-electron chi connectivity index (χ2n) is 5.90. The lowest BCUT2D eigenvalue weighted by atomic mass is 10.3. The van der Waals surface area contributed by atoms with E-state index in [1.807, 2.05) is 0 Å². The number of hydrogen-bond acceptors (Lipinski definition) is 8. The Morgan fingerprint density at radius 3 is 1.34 bits per heavy atom. The number of benzene rings is 2. The van der Waals surface area contributed by atoms with E-state index in [1.54, 1.807) is 24.3 Å². The van der Waals surface area contributed by atoms with Gasteiger partial charge in [0.15, 0.2) is 0 Å². The highest BCUT2D eigenvalue weighted by Gasteiger charge is 2.17. The van der Waals surface area contributed by atoms with E-state index in [9.17, 15) is 18.0 Å². The monoisotopic (exact) mass is 422 g/mol. The molecule has 0 aliphatic heterocycles. The highest BCUT2D eigenvalue weighted by molar-refractivity contribution is 7.91. The second kappa shape index (κ2) is 10.4. The van der Waals surface area contributed by atoms with Gasteiger partial charge in [-0.1, -0.05) is 0 Å². The Morgan fingerprint density at radius 1 is 0.690 bits per heavy atom. The van der Waals surface area contributed by atoms with Gasteiger partial charge in [0.2, 0.25) is 9.84 Å². The zero-order chi connectivity index (χ0) is 21.3. The zero-order valence-electron chi connectivity index (χ0n) is 15.4. The first-order chi connectivity index (χ1) is 13.8. The van der Waals surface area contributed by atoms with Crippen molar-refractivity contribution >= 4 is 33.2 Å². The topological polar surface area (TPSA) is 157 Å². The average Bonchev–Trinajstić information content (AvgIpc) is 2.69. The summed E-state index contributed by atoms with van der Waals surface area (Å²) in [5.41, 5.74) is 1.30. The number of rotatable bonds is 12. The molecule has 0 fully saturated rings. The molecule has 0 saturated heterocycles. The molecule has 2 aromatic carbocycles. The van der Waals surface area contributed by atoms with Crippen LogP contribution in [0, 0.1) is 0 Å². The van der Waals surface area contributed by atoms with Crippen molar-refractivity contribution in [1.82, 2.24) is 10.6 Å². The van der Waals surface area contributed by atoms with Crippen molar-refractivity contribution in [3.8, 4) is 0 Å². The lowest BCUT2D eigenvalue weighted by molar-refractivity contribution is -0.136. The van der Waals surface area contributed by atoms with E-state index < -0.39 is 21.8 Å². The molecule has 156 valence electrons. The number of hydrogen-bond donors (Lipinski definition) is 6. The van der Waals surface area contributed by atoms with Crippen molar-refractivity contribution in [3.63, 3.8) is 0 Å². The summed E-state index contributed by atoms with van der Waals surface area (Å²) in [5, 5.41) is 28.3. The first-order valence-corrected chi connectivity index (χ1v) is 10.1. The molecule has 0 saturated carbocycles. The van der Waals surface area contributed by atoms with Crippen LogP contribution in [0.2, 0.25) is 0 Å². The molecule has 0 atom stereocenters. The normalized spacial score (nSPS) is 11.0. The Balaban J connectivity index is 1.95. The van der Waals surface area contributed by atoms with Crippen LogP contribution >= 0.6 is 0 Å². The van der Waals surface area contributed by atoms with Crippen LogP contribution in [0.5, 0.6) is 0 Å². The van der Waals surface area contributed by atoms with E-state index in [2.05, 4.69) is 21.3 Å². The third kappa shape index (κ3) is 7.07. The molecular weight excluding hydrogens is 400 g/mol. The number of anilines is 2. The number of nitrogens with one attached hydrogen (secondary N) is 4. The molecule has 11 heteroatoms. The summed E-state index contributed by atoms with van der Waals surface area (Å²) >= 11 is 0. The lowest BCUT2D eigenvalue weighted by Gasteiger charge is -2.10. The summed E-state index contributed by atoms with van der Waals surface area (Å²) in [6.45, 7) is 0.0994. The van der Waals surface area contributed by atoms with Crippen molar-refractivity contribution < 1.29 is 28.2 Å². The molecule has 0 heterocycles. The molecule has 0 amide bonds. The molecule has 0 aliphatic rings. The minimum Gasteiger partial charge on any atom is -0.480 e. The third-order valence-electron chi connectivity index (χ3n) is 3.72. The van der Waals surface area contributed by atoms with E-state index in [4.69, 9.17) is 10.2 Å². The Bertz CT molecular complexity index is 858. The molecule has 29 heavy (non-hydrogen) atoms. The SMILES string of the molecule is O=C(O)CNCNc1ccc(S(=O)(=O)c2ccc(NCNCC(=O)O)cc2)cc1. The summed E-state index contributed by atoms with van der Waals surface area (Å²) in [7, 11) is -3.69. The fourth-order valence-electron chi connectivity index (χ4n) is 2.31. The van der Waals surface area contributed by atoms with Gasteiger partial charge in [-0.25, -0.2) is 8.42 Å². The zero-order valence-corrected chi connectivity index (χ0v) is 16.2. The Labute approximate surface area is 167 Å². The van der Waals surface area contributed by atoms with Gasteiger partial charge >= 0.3 is 11.9 Å². The van der Waals surface area contributed by atoms with Crippen LogP contribution in [0.4, 0.5) is 11.4 Å². The lowest BCUT2D eigenvalue weighted by Crippen LogP contribution is -2.27. The molecule has 0 unspecified atom stereocenters. The maximum Gasteiger partial charge on any atom is 0.317 e. The van der Waals surface area contributed by atoms with E-state index in [0.29, 0.717) is 11.4 Å². The molecule has 6 N–H and O–H groups in total. The van der Waals surface area contributed by atoms with E-state index in [1.165, 1.54) is 24.3 Å². The van der Waals surface area contributed by atoms with Gasteiger partial charge in [0.05, 0.1) is 36.2 Å². The minimum absolute atomic E-state index is 0.130. The fourth-order valence-corrected chi connectivity index (χ4v) is 3.57. The van der Waals surface area contributed by atoms with E-state index in [-0.39, 0.29) is 36.2 Å². The van der Waals surface area contributed by atoms with E-state index in [0.717, 1.165) is 0 Å². The van der Waals surface area contributed by atoms with Crippen LogP contribution in [0.1, 0.15) is 0 Å². The maximum atomic E-state index is 12.7. The van der Waals surface area contributed by atoms with Crippen molar-refractivity contribution in [2.45, 2.75) is 9.79 Å². The number of carboxylic acid groups (broad SMARTS) is 2. The Hall–Kier alpha value is -3.15. The van der Waals surface area contributed by atoms with E-state index >= 15 is 0 Å². The molecular formula is C18H22N4O6S. The van der Waals surface area contributed by atoms with Crippen molar-refractivity contribution in [3.05, 3.63) is 48.5 Å². The highest BCUT2D eigenvalue weighted by Crippen LogP contribution is 2.23. The molecule has 10 nitrogen and oxygen atoms in total. The molecule has 0 aromatic heterocycles. The van der Waals surface area contributed by atoms with Crippen LogP contribution in [0.15, 0.2) is 58.3 Å². The number of aliphatic carboxylic acids is 2. The van der Waals surface area contributed by atoms with Gasteiger partial charge < -0.3 is 20.8 Å². The Morgan fingerprint density at radius 2 is 1.03 bits per heavy atom. The van der Waals surface area contributed by atoms with Gasteiger partial charge in [-0.15, -0.1) is 0 Å². The average molecular weight is 422 g/mol. The quantitative estimate of drug-likeness (QED) is 0.211. The standard InChI is InChI=1S/C18H22N4O6S/c23-17(24)9-19-11-21-13-1-5-15(6-2-13)29(27,28)16-7-3-14(4-8-16)22-12-20-10-18(25)26/h1-8,19-22H,9-12H2,(H,23,24)(H,25,26). The second-order valence-corrected chi connectivity index (χ2v) is 7.85. The number of sulfone groups is 1. The van der Waals surface area contributed by atoms with Crippen molar-refractivity contribution in [2.75, 3.05) is 37.1 Å². The molecule has 0 spiro atoms. The van der Waals surface area contributed by atoms with Gasteiger partial charge in [-0.2, -0.15) is 0 Å². The van der Waals surface area contributed by atoms with Crippen LogP contribution in [0.25, 0.3) is 0 Å². The van der Waals surface area contributed by atoms with Gasteiger partial charge in [0.1, 0.15) is 0 Å². The van der Waals surface area contributed by atoms with Crippen LogP contribution < -0.4 is 21.3 Å². The Kier molecular flexibility index (Phi) is 7.95. The van der Waals surface area contributed by atoms with Crippen LogP contribution in [-0.2, 0) is 19.4 Å². The van der Waals surface area contributed by atoms with Gasteiger partial charge in [-0.05, 0) is 48.5 Å². The number of carbonyl (C=O) groups is 2. The summed E-state index contributed by atoms with van der Waals surface area (Å²) in [6, 6.07) is 12.3.